The van der Waals surface area contributed by atoms with Crippen LogP contribution in [-0.2, 0) is 0 Å². The van der Waals surface area contributed by atoms with Crippen LogP contribution in [0, 0.1) is 6.92 Å². The number of hydrogen-bond donors (Lipinski definition) is 1. The predicted octanol–water partition coefficient (Wildman–Crippen LogP) is 2.74. The van der Waals surface area contributed by atoms with Gasteiger partial charge < -0.3 is 5.73 Å². The summed E-state index contributed by atoms with van der Waals surface area (Å²) in [4.78, 5) is 4.19. The molecule has 0 unspecified atom stereocenters. The summed E-state index contributed by atoms with van der Waals surface area (Å²) in [5.74, 6) is 0. The number of aryl methyl sites for hydroxylation is 1. The van der Waals surface area contributed by atoms with E-state index in [9.17, 15) is 0 Å². The lowest BCUT2D eigenvalue weighted by Gasteiger charge is -2.02. The molecule has 0 aliphatic carbocycles. The fourth-order valence-electron chi connectivity index (χ4n) is 1.38. The minimum Gasteiger partial charge on any atom is -0.398 e. The number of fused-ring (bicyclic) bond motifs is 1. The Morgan fingerprint density at radius 3 is 2.62 bits per heavy atom. The van der Waals surface area contributed by atoms with Gasteiger partial charge in [-0.25, -0.2) is 0 Å². The minimum atomic E-state index is 0. The maximum Gasteiger partial charge on any atom is 0.0451 e. The van der Waals surface area contributed by atoms with Crippen LogP contribution in [0.4, 0.5) is 5.69 Å². The second kappa shape index (κ2) is 3.91. The Balaban J connectivity index is 0.000000845. The number of nitrogens with zero attached hydrogens (tertiary/aromatic N) is 1. The molecular weight excluding hydrogens is 275 g/mol. The van der Waals surface area contributed by atoms with E-state index in [1.807, 2.05) is 31.2 Å². The van der Waals surface area contributed by atoms with Gasteiger partial charge in [-0.2, -0.15) is 0 Å². The van der Waals surface area contributed by atoms with Gasteiger partial charge in [-0.05, 0) is 19.1 Å². The molecule has 0 spiro atoms. The van der Waals surface area contributed by atoms with Gasteiger partial charge in [-0.3, -0.25) is 4.98 Å². The van der Waals surface area contributed by atoms with Crippen LogP contribution >= 0.6 is 24.0 Å². The summed E-state index contributed by atoms with van der Waals surface area (Å²) in [7, 11) is 0. The van der Waals surface area contributed by atoms with Crippen molar-refractivity contribution in [3.8, 4) is 0 Å². The lowest BCUT2D eigenvalue weighted by atomic mass is 10.1. The van der Waals surface area contributed by atoms with Crippen molar-refractivity contribution in [3.63, 3.8) is 0 Å². The van der Waals surface area contributed by atoms with Gasteiger partial charge in [0.25, 0.3) is 0 Å². The molecule has 2 N–H and O–H groups in total. The number of anilines is 1. The topological polar surface area (TPSA) is 38.9 Å². The zero-order valence-corrected chi connectivity index (χ0v) is 9.65. The molecule has 0 saturated heterocycles. The summed E-state index contributed by atoms with van der Waals surface area (Å²) in [5.41, 5.74) is 7.64. The maximum absolute atomic E-state index is 5.80. The maximum atomic E-state index is 5.80. The van der Waals surface area contributed by atoms with Gasteiger partial charge in [-0.1, -0.05) is 12.1 Å². The third-order valence-electron chi connectivity index (χ3n) is 2.04. The van der Waals surface area contributed by atoms with Gasteiger partial charge in [0.1, 0.15) is 0 Å². The quantitative estimate of drug-likeness (QED) is 0.597. The molecule has 1 aromatic heterocycles. The van der Waals surface area contributed by atoms with E-state index in [1.54, 1.807) is 6.20 Å². The molecule has 0 atom stereocenters. The Morgan fingerprint density at radius 2 is 1.92 bits per heavy atom. The van der Waals surface area contributed by atoms with Crippen LogP contribution in [0.15, 0.2) is 30.5 Å². The van der Waals surface area contributed by atoms with Gasteiger partial charge in [-0.15, -0.1) is 24.0 Å². The van der Waals surface area contributed by atoms with Crippen molar-refractivity contribution in [2.24, 2.45) is 0 Å². The smallest absolute Gasteiger partial charge is 0.0451 e. The van der Waals surface area contributed by atoms with E-state index in [2.05, 4.69) is 4.98 Å². The van der Waals surface area contributed by atoms with Crippen molar-refractivity contribution in [2.45, 2.75) is 6.92 Å². The molecule has 0 fully saturated rings. The average molecular weight is 286 g/mol. The molecule has 2 rings (SSSR count). The largest absolute Gasteiger partial charge is 0.398 e. The van der Waals surface area contributed by atoms with E-state index in [1.165, 1.54) is 0 Å². The van der Waals surface area contributed by atoms with E-state index in [0.717, 1.165) is 22.2 Å². The lowest BCUT2D eigenvalue weighted by Crippen LogP contribution is -1.89. The Bertz CT molecular complexity index is 385. The SMILES string of the molecule is Cc1nccc2c(N)cccc12.I. The number of aromatic nitrogens is 1. The van der Waals surface area contributed by atoms with Crippen LogP contribution in [0.2, 0.25) is 0 Å². The summed E-state index contributed by atoms with van der Waals surface area (Å²) in [6.45, 7) is 1.99. The second-order valence-electron chi connectivity index (χ2n) is 2.84. The predicted molar refractivity (Wildman–Crippen MR) is 66.3 cm³/mol. The molecule has 13 heavy (non-hydrogen) atoms. The van der Waals surface area contributed by atoms with Crippen molar-refractivity contribution in [2.75, 3.05) is 5.73 Å². The molecule has 3 heteroatoms. The zero-order chi connectivity index (χ0) is 8.55. The number of pyridine rings is 1. The summed E-state index contributed by atoms with van der Waals surface area (Å²) in [6, 6.07) is 7.83. The summed E-state index contributed by atoms with van der Waals surface area (Å²) >= 11 is 0. The molecule has 2 aromatic rings. The fourth-order valence-corrected chi connectivity index (χ4v) is 1.38. The first-order valence-electron chi connectivity index (χ1n) is 3.89. The lowest BCUT2D eigenvalue weighted by molar-refractivity contribution is 1.24. The Labute approximate surface area is 94.2 Å². The number of benzene rings is 1. The van der Waals surface area contributed by atoms with Crippen molar-refractivity contribution in [1.82, 2.24) is 4.98 Å². The molecule has 0 amide bonds. The van der Waals surface area contributed by atoms with Crippen molar-refractivity contribution in [1.29, 1.82) is 0 Å². The molecular formula is C10H11IN2. The Morgan fingerprint density at radius 1 is 1.15 bits per heavy atom. The number of rotatable bonds is 0. The van der Waals surface area contributed by atoms with E-state index in [0.29, 0.717) is 0 Å². The molecule has 2 nitrogen and oxygen atoms in total. The first-order chi connectivity index (χ1) is 5.79. The van der Waals surface area contributed by atoms with Crippen LogP contribution in [0.3, 0.4) is 0 Å². The molecule has 1 heterocycles. The fraction of sp³-hybridized carbons (Fsp3) is 0.100. The number of nitrogen functional groups attached to an aromatic ring is 1. The van der Waals surface area contributed by atoms with Crippen LogP contribution < -0.4 is 5.73 Å². The number of halogens is 1. The van der Waals surface area contributed by atoms with Crippen LogP contribution in [-0.4, -0.2) is 4.98 Å². The molecule has 0 aliphatic heterocycles. The van der Waals surface area contributed by atoms with Gasteiger partial charge in [0.2, 0.25) is 0 Å². The third kappa shape index (κ3) is 1.75. The first-order valence-corrected chi connectivity index (χ1v) is 3.89. The number of hydrogen-bond acceptors (Lipinski definition) is 2. The first kappa shape index (κ1) is 10.2. The molecule has 0 saturated carbocycles. The van der Waals surface area contributed by atoms with Gasteiger partial charge in [0.15, 0.2) is 0 Å². The van der Waals surface area contributed by atoms with Crippen LogP contribution in [0.1, 0.15) is 5.69 Å². The highest BCUT2D eigenvalue weighted by Crippen LogP contribution is 2.21. The molecule has 0 radical (unpaired) electrons. The Hall–Kier alpha value is -0.840. The summed E-state index contributed by atoms with van der Waals surface area (Å²) < 4.78 is 0. The summed E-state index contributed by atoms with van der Waals surface area (Å²) in [5, 5.41) is 2.22. The van der Waals surface area contributed by atoms with E-state index >= 15 is 0 Å². The highest BCUT2D eigenvalue weighted by atomic mass is 127. The molecule has 0 bridgehead atoms. The van der Waals surface area contributed by atoms with Gasteiger partial charge >= 0.3 is 0 Å². The van der Waals surface area contributed by atoms with E-state index < -0.39 is 0 Å². The normalized spacial score (nSPS) is 9.62. The van der Waals surface area contributed by atoms with E-state index in [-0.39, 0.29) is 24.0 Å². The minimum absolute atomic E-state index is 0. The zero-order valence-electron chi connectivity index (χ0n) is 7.32. The van der Waals surface area contributed by atoms with Gasteiger partial charge in [0, 0.05) is 28.4 Å². The average Bonchev–Trinajstić information content (AvgIpc) is 2.07. The number of nitrogens with two attached hydrogens (primary N) is 1. The van der Waals surface area contributed by atoms with Crippen molar-refractivity contribution >= 4 is 40.4 Å². The van der Waals surface area contributed by atoms with E-state index in [4.69, 9.17) is 5.73 Å². The van der Waals surface area contributed by atoms with Crippen molar-refractivity contribution in [3.05, 3.63) is 36.2 Å². The molecule has 0 aliphatic rings. The van der Waals surface area contributed by atoms with Gasteiger partial charge in [0.05, 0.1) is 0 Å². The highest BCUT2D eigenvalue weighted by molar-refractivity contribution is 14.0. The Kier molecular flexibility index (Phi) is 3.08. The summed E-state index contributed by atoms with van der Waals surface area (Å²) in [6.07, 6.45) is 1.79. The third-order valence-corrected chi connectivity index (χ3v) is 2.04. The van der Waals surface area contributed by atoms with Crippen molar-refractivity contribution < 1.29 is 0 Å². The highest BCUT2D eigenvalue weighted by Gasteiger charge is 1.98. The monoisotopic (exact) mass is 286 g/mol. The molecule has 1 aromatic carbocycles. The van der Waals surface area contributed by atoms with Crippen LogP contribution in [0.5, 0.6) is 0 Å². The van der Waals surface area contributed by atoms with Crippen LogP contribution in [0.25, 0.3) is 10.8 Å². The standard InChI is InChI=1S/C10H10N2.HI/c1-7-8-3-2-4-10(11)9(8)5-6-12-7;/h2-6H,11H2,1H3;1H. The second-order valence-corrected chi connectivity index (χ2v) is 2.84. The molecule has 68 valence electrons.